The molecule has 0 unspecified atom stereocenters. The van der Waals surface area contributed by atoms with Gasteiger partial charge in [0.2, 0.25) is 0 Å². The van der Waals surface area contributed by atoms with E-state index in [1.165, 1.54) is 0 Å². The Morgan fingerprint density at radius 1 is 1.33 bits per heavy atom. The average molecular weight is 204 g/mol. The van der Waals surface area contributed by atoms with E-state index in [0.717, 1.165) is 16.8 Å². The van der Waals surface area contributed by atoms with Gasteiger partial charge in [-0.05, 0) is 31.4 Å². The fourth-order valence-electron chi connectivity index (χ4n) is 1.36. The van der Waals surface area contributed by atoms with Crippen molar-refractivity contribution in [1.29, 1.82) is 5.41 Å². The van der Waals surface area contributed by atoms with Gasteiger partial charge in [0.1, 0.15) is 0 Å². The minimum absolute atomic E-state index is 0.109. The van der Waals surface area contributed by atoms with Crippen molar-refractivity contribution < 1.29 is 4.79 Å². The van der Waals surface area contributed by atoms with Gasteiger partial charge in [0, 0.05) is 5.69 Å². The molecule has 0 aliphatic heterocycles. The average Bonchev–Trinajstić information content (AvgIpc) is 2.22. The molecule has 3 heteroatoms. The molecule has 1 amide bonds. The lowest BCUT2D eigenvalue weighted by Crippen LogP contribution is -2.22. The molecule has 1 rings (SSSR count). The van der Waals surface area contributed by atoms with Crippen molar-refractivity contribution in [1.82, 2.24) is 0 Å². The van der Waals surface area contributed by atoms with Gasteiger partial charge < -0.3 is 5.32 Å². The standard InChI is InChI=1S/C12H16N2O/c1-4-10(13)12(15)14-11-8(2)6-5-7-9(11)3/h5-7,13H,4H2,1-3H3,(H,14,15). The predicted octanol–water partition coefficient (Wildman–Crippen LogP) is 2.67. The molecule has 15 heavy (non-hydrogen) atoms. The summed E-state index contributed by atoms with van der Waals surface area (Å²) in [5.41, 5.74) is 2.97. The highest BCUT2D eigenvalue weighted by Crippen LogP contribution is 2.19. The molecule has 0 heterocycles. The molecule has 0 aliphatic rings. The first-order valence-electron chi connectivity index (χ1n) is 5.01. The molecule has 80 valence electrons. The molecule has 0 fully saturated rings. The van der Waals surface area contributed by atoms with E-state index in [-0.39, 0.29) is 11.6 Å². The van der Waals surface area contributed by atoms with Crippen LogP contribution in [0.1, 0.15) is 24.5 Å². The van der Waals surface area contributed by atoms with Gasteiger partial charge in [-0.2, -0.15) is 0 Å². The summed E-state index contributed by atoms with van der Waals surface area (Å²) in [6.45, 7) is 5.68. The molecule has 0 bridgehead atoms. The molecule has 0 aromatic heterocycles. The molecule has 2 N–H and O–H groups in total. The Labute approximate surface area is 90.0 Å². The zero-order valence-corrected chi connectivity index (χ0v) is 9.35. The molecule has 0 atom stereocenters. The highest BCUT2D eigenvalue weighted by Gasteiger charge is 2.10. The van der Waals surface area contributed by atoms with Crippen molar-refractivity contribution in [3.05, 3.63) is 29.3 Å². The summed E-state index contributed by atoms with van der Waals surface area (Å²) < 4.78 is 0. The SMILES string of the molecule is CCC(=N)C(=O)Nc1c(C)cccc1C. The van der Waals surface area contributed by atoms with Crippen LogP contribution in [-0.2, 0) is 4.79 Å². The van der Waals surface area contributed by atoms with Crippen molar-refractivity contribution in [2.75, 3.05) is 5.32 Å². The monoisotopic (exact) mass is 204 g/mol. The van der Waals surface area contributed by atoms with Gasteiger partial charge in [0.25, 0.3) is 5.91 Å². The normalized spacial score (nSPS) is 9.80. The summed E-state index contributed by atoms with van der Waals surface area (Å²) in [6, 6.07) is 5.84. The maximum Gasteiger partial charge on any atom is 0.269 e. The lowest BCUT2D eigenvalue weighted by molar-refractivity contribution is -0.110. The van der Waals surface area contributed by atoms with E-state index in [0.29, 0.717) is 6.42 Å². The Bertz CT molecular complexity index is 376. The number of rotatable bonds is 3. The molecule has 0 aliphatic carbocycles. The Balaban J connectivity index is 2.90. The second-order valence-electron chi connectivity index (χ2n) is 3.55. The van der Waals surface area contributed by atoms with Crippen LogP contribution in [0.25, 0.3) is 0 Å². The Hall–Kier alpha value is -1.64. The van der Waals surface area contributed by atoms with Crippen molar-refractivity contribution in [3.63, 3.8) is 0 Å². The number of para-hydroxylation sites is 1. The fourth-order valence-corrected chi connectivity index (χ4v) is 1.36. The van der Waals surface area contributed by atoms with Gasteiger partial charge in [-0.15, -0.1) is 0 Å². The Morgan fingerprint density at radius 2 is 1.87 bits per heavy atom. The van der Waals surface area contributed by atoms with Gasteiger partial charge in [-0.25, -0.2) is 0 Å². The summed E-state index contributed by atoms with van der Waals surface area (Å²) in [6.07, 6.45) is 0.455. The summed E-state index contributed by atoms with van der Waals surface area (Å²) in [5.74, 6) is -0.310. The predicted molar refractivity (Wildman–Crippen MR) is 62.6 cm³/mol. The number of carbonyl (C=O) groups excluding carboxylic acids is 1. The van der Waals surface area contributed by atoms with Crippen molar-refractivity contribution in [2.45, 2.75) is 27.2 Å². The van der Waals surface area contributed by atoms with Crippen LogP contribution >= 0.6 is 0 Å². The maximum atomic E-state index is 11.5. The molecule has 1 aromatic rings. The summed E-state index contributed by atoms with van der Waals surface area (Å²) in [4.78, 5) is 11.5. The molecule has 0 spiro atoms. The number of hydrogen-bond acceptors (Lipinski definition) is 2. The van der Waals surface area contributed by atoms with Crippen molar-refractivity contribution in [3.8, 4) is 0 Å². The van der Waals surface area contributed by atoms with E-state index < -0.39 is 0 Å². The van der Waals surface area contributed by atoms with Gasteiger partial charge >= 0.3 is 0 Å². The zero-order chi connectivity index (χ0) is 11.4. The molecule has 0 saturated carbocycles. The first kappa shape index (κ1) is 11.4. The third-order valence-corrected chi connectivity index (χ3v) is 2.35. The highest BCUT2D eigenvalue weighted by molar-refractivity contribution is 6.41. The number of hydrogen-bond donors (Lipinski definition) is 2. The van der Waals surface area contributed by atoms with Gasteiger partial charge in [0.05, 0.1) is 5.71 Å². The van der Waals surface area contributed by atoms with Gasteiger partial charge in [-0.1, -0.05) is 25.1 Å². The third kappa shape index (κ3) is 2.65. The first-order valence-corrected chi connectivity index (χ1v) is 5.01. The summed E-state index contributed by atoms with van der Waals surface area (Å²) >= 11 is 0. The number of amides is 1. The Morgan fingerprint density at radius 3 is 2.33 bits per heavy atom. The van der Waals surface area contributed by atoms with Gasteiger partial charge in [-0.3, -0.25) is 10.2 Å². The van der Waals surface area contributed by atoms with Crippen molar-refractivity contribution >= 4 is 17.3 Å². The largest absolute Gasteiger partial charge is 0.320 e. The molecular weight excluding hydrogens is 188 g/mol. The fraction of sp³-hybridized carbons (Fsp3) is 0.333. The quantitative estimate of drug-likeness (QED) is 0.731. The van der Waals surface area contributed by atoms with Crippen LogP contribution in [0.15, 0.2) is 18.2 Å². The van der Waals surface area contributed by atoms with E-state index in [9.17, 15) is 4.79 Å². The topological polar surface area (TPSA) is 53.0 Å². The molecule has 0 saturated heterocycles. The summed E-state index contributed by atoms with van der Waals surface area (Å²) in [5, 5.41) is 10.2. The molecular formula is C12H16N2O. The number of benzene rings is 1. The number of carbonyl (C=O) groups is 1. The van der Waals surface area contributed by atoms with E-state index >= 15 is 0 Å². The molecule has 0 radical (unpaired) electrons. The van der Waals surface area contributed by atoms with Crippen LogP contribution in [-0.4, -0.2) is 11.6 Å². The van der Waals surface area contributed by atoms with Crippen LogP contribution < -0.4 is 5.32 Å². The number of nitrogens with one attached hydrogen (secondary N) is 2. The summed E-state index contributed by atoms with van der Waals surface area (Å²) in [7, 11) is 0. The van der Waals surface area contributed by atoms with E-state index in [4.69, 9.17) is 5.41 Å². The lowest BCUT2D eigenvalue weighted by Gasteiger charge is -2.11. The smallest absolute Gasteiger partial charge is 0.269 e. The minimum Gasteiger partial charge on any atom is -0.320 e. The van der Waals surface area contributed by atoms with Crippen LogP contribution in [0.2, 0.25) is 0 Å². The van der Waals surface area contributed by atoms with E-state index in [1.807, 2.05) is 32.0 Å². The van der Waals surface area contributed by atoms with E-state index in [1.54, 1.807) is 6.92 Å². The zero-order valence-electron chi connectivity index (χ0n) is 9.35. The Kier molecular flexibility index (Phi) is 3.61. The first-order chi connectivity index (χ1) is 7.06. The number of anilines is 1. The lowest BCUT2D eigenvalue weighted by atomic mass is 10.1. The van der Waals surface area contributed by atoms with Crippen LogP contribution in [0.5, 0.6) is 0 Å². The van der Waals surface area contributed by atoms with Gasteiger partial charge in [0.15, 0.2) is 0 Å². The highest BCUT2D eigenvalue weighted by atomic mass is 16.1. The maximum absolute atomic E-state index is 11.5. The van der Waals surface area contributed by atoms with E-state index in [2.05, 4.69) is 5.32 Å². The van der Waals surface area contributed by atoms with Crippen molar-refractivity contribution in [2.24, 2.45) is 0 Å². The second-order valence-corrected chi connectivity index (χ2v) is 3.55. The van der Waals surface area contributed by atoms with Crippen LogP contribution in [0.3, 0.4) is 0 Å². The second kappa shape index (κ2) is 4.73. The van der Waals surface area contributed by atoms with Crippen LogP contribution in [0, 0.1) is 19.3 Å². The molecule has 3 nitrogen and oxygen atoms in total. The minimum atomic E-state index is -0.310. The third-order valence-electron chi connectivity index (χ3n) is 2.35. The van der Waals surface area contributed by atoms with Crippen LogP contribution in [0.4, 0.5) is 5.69 Å². The number of aryl methyl sites for hydroxylation is 2. The molecule has 1 aromatic carbocycles.